The van der Waals surface area contributed by atoms with E-state index in [4.69, 9.17) is 31.0 Å². The van der Waals surface area contributed by atoms with Crippen molar-refractivity contribution < 1.29 is 0 Å². The average molecular weight is 282 g/mol. The van der Waals surface area contributed by atoms with E-state index in [1.807, 2.05) is 12.1 Å². The van der Waals surface area contributed by atoms with Crippen molar-refractivity contribution in [2.24, 2.45) is 0 Å². The molecule has 1 nitrogen and oxygen atoms in total. The number of benzene rings is 1. The second-order valence-electron chi connectivity index (χ2n) is 5.08. The van der Waals surface area contributed by atoms with Crippen LogP contribution >= 0.6 is 23.2 Å². The van der Waals surface area contributed by atoms with Gasteiger partial charge in [-0.15, -0.1) is 0 Å². The summed E-state index contributed by atoms with van der Waals surface area (Å²) in [6, 6.07) is 6.03. The Labute approximate surface area is 121 Å². The first-order valence-corrected chi connectivity index (χ1v) is 7.30. The molecule has 1 heterocycles. The molecule has 0 aliphatic carbocycles. The summed E-state index contributed by atoms with van der Waals surface area (Å²) in [7, 11) is 5.67. The molecule has 0 saturated carbocycles. The fourth-order valence-electron chi connectivity index (χ4n) is 2.84. The molecule has 0 bridgehead atoms. The van der Waals surface area contributed by atoms with Gasteiger partial charge >= 0.3 is 0 Å². The summed E-state index contributed by atoms with van der Waals surface area (Å²) in [4.78, 5) is 0. The van der Waals surface area contributed by atoms with Crippen LogP contribution in [0, 0.1) is 0 Å². The van der Waals surface area contributed by atoms with Crippen LogP contribution in [0.3, 0.4) is 0 Å². The Morgan fingerprint density at radius 1 is 1.28 bits per heavy atom. The minimum absolute atomic E-state index is 0.172. The number of nitrogens with one attached hydrogen (secondary N) is 1. The SMILES string of the molecule is [B]CCCC1(c2ccc(Cl)c(Cl)c2)CCCNC1. The molecule has 1 aliphatic heterocycles. The third-order valence-electron chi connectivity index (χ3n) is 3.86. The third kappa shape index (κ3) is 3.04. The Morgan fingerprint density at radius 2 is 2.11 bits per heavy atom. The van der Waals surface area contributed by atoms with E-state index in [0.29, 0.717) is 10.0 Å². The summed E-state index contributed by atoms with van der Waals surface area (Å²) in [5, 5.41) is 4.77. The van der Waals surface area contributed by atoms with Crippen LogP contribution in [0.25, 0.3) is 0 Å². The van der Waals surface area contributed by atoms with Gasteiger partial charge in [0.2, 0.25) is 0 Å². The van der Waals surface area contributed by atoms with E-state index in [-0.39, 0.29) is 5.41 Å². The highest BCUT2D eigenvalue weighted by atomic mass is 35.5. The molecule has 1 unspecified atom stereocenters. The molecule has 0 amide bonds. The zero-order valence-electron chi connectivity index (χ0n) is 10.5. The lowest BCUT2D eigenvalue weighted by atomic mass is 9.70. The number of rotatable bonds is 4. The van der Waals surface area contributed by atoms with Crippen molar-refractivity contribution in [3.8, 4) is 0 Å². The number of halogens is 2. The van der Waals surface area contributed by atoms with Gasteiger partial charge in [-0.25, -0.2) is 0 Å². The molecular formula is C14H18BCl2N. The maximum atomic E-state index is 6.15. The zero-order chi connectivity index (χ0) is 13.0. The third-order valence-corrected chi connectivity index (χ3v) is 4.60. The van der Waals surface area contributed by atoms with Crippen molar-refractivity contribution in [1.29, 1.82) is 0 Å². The minimum Gasteiger partial charge on any atom is -0.316 e. The molecule has 4 heteroatoms. The van der Waals surface area contributed by atoms with E-state index in [1.165, 1.54) is 18.4 Å². The van der Waals surface area contributed by atoms with Crippen molar-refractivity contribution in [1.82, 2.24) is 5.32 Å². The van der Waals surface area contributed by atoms with E-state index in [0.717, 1.165) is 32.3 Å². The quantitative estimate of drug-likeness (QED) is 0.823. The fraction of sp³-hybridized carbons (Fsp3) is 0.571. The van der Waals surface area contributed by atoms with Gasteiger partial charge in [-0.05, 0) is 43.5 Å². The van der Waals surface area contributed by atoms with Crippen LogP contribution in [0.4, 0.5) is 0 Å². The smallest absolute Gasteiger partial charge is 0.0653 e. The predicted octanol–water partition coefficient (Wildman–Crippen LogP) is 3.98. The van der Waals surface area contributed by atoms with E-state index in [2.05, 4.69) is 11.4 Å². The Morgan fingerprint density at radius 3 is 2.72 bits per heavy atom. The summed E-state index contributed by atoms with van der Waals surface area (Å²) < 4.78 is 0. The van der Waals surface area contributed by atoms with Gasteiger partial charge in [-0.2, -0.15) is 0 Å². The molecule has 1 aromatic carbocycles. The Balaban J connectivity index is 2.29. The summed E-state index contributed by atoms with van der Waals surface area (Å²) in [6.45, 7) is 2.11. The lowest BCUT2D eigenvalue weighted by Gasteiger charge is -2.38. The van der Waals surface area contributed by atoms with Crippen LogP contribution in [-0.4, -0.2) is 20.9 Å². The molecule has 1 N–H and O–H groups in total. The zero-order valence-corrected chi connectivity index (χ0v) is 12.0. The first-order chi connectivity index (χ1) is 8.68. The monoisotopic (exact) mass is 281 g/mol. The summed E-state index contributed by atoms with van der Waals surface area (Å²) in [5.74, 6) is 0. The molecule has 1 atom stereocenters. The predicted molar refractivity (Wildman–Crippen MR) is 80.0 cm³/mol. The second-order valence-corrected chi connectivity index (χ2v) is 5.90. The van der Waals surface area contributed by atoms with Gasteiger partial charge < -0.3 is 5.32 Å². The van der Waals surface area contributed by atoms with Gasteiger partial charge in [0.1, 0.15) is 0 Å². The van der Waals surface area contributed by atoms with Gasteiger partial charge in [0.25, 0.3) is 0 Å². The number of hydrogen-bond acceptors (Lipinski definition) is 1. The summed E-state index contributed by atoms with van der Waals surface area (Å²) in [5.41, 5.74) is 1.46. The van der Waals surface area contributed by atoms with Gasteiger partial charge in [-0.1, -0.05) is 42.0 Å². The van der Waals surface area contributed by atoms with Gasteiger partial charge in [-0.3, -0.25) is 0 Å². The maximum absolute atomic E-state index is 6.15. The van der Waals surface area contributed by atoms with E-state index >= 15 is 0 Å². The number of piperidine rings is 1. The molecule has 1 aliphatic rings. The highest BCUT2D eigenvalue weighted by Crippen LogP contribution is 2.38. The van der Waals surface area contributed by atoms with E-state index < -0.39 is 0 Å². The van der Waals surface area contributed by atoms with E-state index in [1.54, 1.807) is 0 Å². The van der Waals surface area contributed by atoms with Crippen LogP contribution in [0.5, 0.6) is 0 Å². The molecule has 0 aromatic heterocycles. The second kappa shape index (κ2) is 6.32. The Kier molecular flexibility index (Phi) is 5.00. The summed E-state index contributed by atoms with van der Waals surface area (Å²) in [6.07, 6.45) is 5.28. The van der Waals surface area contributed by atoms with Crippen molar-refractivity contribution in [2.75, 3.05) is 13.1 Å². The first kappa shape index (κ1) is 14.2. The molecule has 1 aromatic rings. The van der Waals surface area contributed by atoms with Gasteiger partial charge in [0, 0.05) is 12.0 Å². The topological polar surface area (TPSA) is 12.0 Å². The van der Waals surface area contributed by atoms with Gasteiger partial charge in [0.05, 0.1) is 17.9 Å². The molecule has 1 fully saturated rings. The van der Waals surface area contributed by atoms with Crippen molar-refractivity contribution in [3.05, 3.63) is 33.8 Å². The standard InChI is InChI=1S/C14H18BCl2N/c15-7-1-5-14(6-2-8-18-10-14)11-3-4-12(16)13(17)9-11/h3-4,9,18H,1-2,5-8,10H2. The van der Waals surface area contributed by atoms with Crippen LogP contribution in [-0.2, 0) is 5.41 Å². The van der Waals surface area contributed by atoms with Crippen molar-refractivity contribution >= 4 is 31.0 Å². The molecule has 0 spiro atoms. The number of hydrogen-bond donors (Lipinski definition) is 1. The van der Waals surface area contributed by atoms with Crippen LogP contribution < -0.4 is 5.32 Å². The Bertz CT molecular complexity index is 403. The van der Waals surface area contributed by atoms with Crippen LogP contribution in [0.2, 0.25) is 16.4 Å². The first-order valence-electron chi connectivity index (χ1n) is 6.54. The van der Waals surface area contributed by atoms with Crippen molar-refractivity contribution in [2.45, 2.75) is 37.4 Å². The molecular weight excluding hydrogens is 264 g/mol. The van der Waals surface area contributed by atoms with E-state index in [9.17, 15) is 0 Å². The van der Waals surface area contributed by atoms with Crippen LogP contribution in [0.1, 0.15) is 31.2 Å². The average Bonchev–Trinajstić information content (AvgIpc) is 2.40. The molecule has 2 rings (SSSR count). The highest BCUT2D eigenvalue weighted by Gasteiger charge is 2.33. The molecule has 18 heavy (non-hydrogen) atoms. The van der Waals surface area contributed by atoms with Crippen molar-refractivity contribution in [3.63, 3.8) is 0 Å². The van der Waals surface area contributed by atoms with Crippen LogP contribution in [0.15, 0.2) is 18.2 Å². The minimum atomic E-state index is 0.172. The summed E-state index contributed by atoms with van der Waals surface area (Å²) >= 11 is 12.2. The molecule has 96 valence electrons. The Hall–Kier alpha value is -0.175. The largest absolute Gasteiger partial charge is 0.316 e. The van der Waals surface area contributed by atoms with Gasteiger partial charge in [0.15, 0.2) is 0 Å². The highest BCUT2D eigenvalue weighted by molar-refractivity contribution is 6.42. The normalized spacial score (nSPS) is 24.1. The lowest BCUT2D eigenvalue weighted by molar-refractivity contribution is 0.290. The maximum Gasteiger partial charge on any atom is 0.0653 e. The molecule has 2 radical (unpaired) electrons. The molecule has 1 saturated heterocycles. The fourth-order valence-corrected chi connectivity index (χ4v) is 3.14. The lowest BCUT2D eigenvalue weighted by Crippen LogP contribution is -2.43.